The Balaban J connectivity index is 2.06. The highest BCUT2D eigenvalue weighted by molar-refractivity contribution is 7.13. The number of thiophene rings is 1. The predicted octanol–water partition coefficient (Wildman–Crippen LogP) is 3.72. The smallest absolute Gasteiger partial charge is 0.331 e. The molecule has 0 aliphatic rings. The van der Waals surface area contributed by atoms with Crippen LogP contribution in [0.15, 0.2) is 33.6 Å². The van der Waals surface area contributed by atoms with Crippen molar-refractivity contribution >= 4 is 17.3 Å². The van der Waals surface area contributed by atoms with Crippen LogP contribution in [0.25, 0.3) is 10.8 Å². The summed E-state index contributed by atoms with van der Waals surface area (Å²) in [4.78, 5) is 16.7. The molecule has 2 heterocycles. The minimum absolute atomic E-state index is 0.128. The number of hydrogen-bond acceptors (Lipinski definition) is 5. The van der Waals surface area contributed by atoms with Gasteiger partial charge in [-0.2, -0.15) is 0 Å². The van der Waals surface area contributed by atoms with Crippen molar-refractivity contribution in [2.75, 3.05) is 0 Å². The van der Waals surface area contributed by atoms with Crippen LogP contribution in [0.3, 0.4) is 0 Å². The Morgan fingerprint density at radius 3 is 2.95 bits per heavy atom. The van der Waals surface area contributed by atoms with Gasteiger partial charge in [-0.25, -0.2) is 9.78 Å². The number of esters is 1. The second kappa shape index (κ2) is 5.84. The molecule has 0 aromatic carbocycles. The molecule has 0 bridgehead atoms. The summed E-state index contributed by atoms with van der Waals surface area (Å²) in [6.07, 6.45) is 1.45. The molecule has 0 spiro atoms. The van der Waals surface area contributed by atoms with Gasteiger partial charge in [-0.15, -0.1) is 11.3 Å². The van der Waals surface area contributed by atoms with Gasteiger partial charge in [0.15, 0.2) is 0 Å². The maximum atomic E-state index is 11.4. The van der Waals surface area contributed by atoms with Crippen LogP contribution in [0.2, 0.25) is 0 Å². The normalized spacial score (nSPS) is 10.3. The molecule has 0 saturated carbocycles. The third-order valence-corrected chi connectivity index (χ3v) is 3.24. The Bertz CT molecular complexity index is 592. The predicted molar refractivity (Wildman–Crippen MR) is 73.8 cm³/mol. The number of nitrogens with zero attached hydrogens (tertiary/aromatic N) is 1. The zero-order valence-corrected chi connectivity index (χ0v) is 11.9. The highest BCUT2D eigenvalue weighted by Gasteiger charge is 2.13. The van der Waals surface area contributed by atoms with Crippen molar-refractivity contribution in [2.24, 2.45) is 0 Å². The number of aryl methyl sites for hydroxylation is 1. The van der Waals surface area contributed by atoms with E-state index < -0.39 is 0 Å². The summed E-state index contributed by atoms with van der Waals surface area (Å²) in [5, 5.41) is 1.96. The largest absolute Gasteiger partial charge is 0.456 e. The first-order valence-corrected chi connectivity index (χ1v) is 6.76. The maximum Gasteiger partial charge on any atom is 0.331 e. The van der Waals surface area contributed by atoms with Crippen LogP contribution in [0.1, 0.15) is 25.3 Å². The van der Waals surface area contributed by atoms with E-state index in [1.165, 1.54) is 6.08 Å². The zero-order chi connectivity index (χ0) is 13.8. The number of oxazole rings is 1. The summed E-state index contributed by atoms with van der Waals surface area (Å²) in [5.74, 6) is 0.884. The van der Waals surface area contributed by atoms with E-state index in [0.29, 0.717) is 17.3 Å². The molecule has 0 unspecified atom stereocenters. The Morgan fingerprint density at radius 1 is 1.53 bits per heavy atom. The van der Waals surface area contributed by atoms with Crippen LogP contribution in [0.4, 0.5) is 0 Å². The van der Waals surface area contributed by atoms with Crippen LogP contribution < -0.4 is 0 Å². The monoisotopic (exact) mass is 277 g/mol. The molecule has 0 radical (unpaired) electrons. The van der Waals surface area contributed by atoms with E-state index in [1.54, 1.807) is 11.3 Å². The lowest BCUT2D eigenvalue weighted by Gasteiger charge is -1.99. The van der Waals surface area contributed by atoms with Gasteiger partial charge >= 0.3 is 5.97 Å². The second-order valence-corrected chi connectivity index (χ2v) is 5.28. The average molecular weight is 277 g/mol. The van der Waals surface area contributed by atoms with Crippen molar-refractivity contribution in [1.29, 1.82) is 0 Å². The molecule has 0 aliphatic heterocycles. The molecule has 100 valence electrons. The van der Waals surface area contributed by atoms with Gasteiger partial charge < -0.3 is 9.15 Å². The summed E-state index contributed by atoms with van der Waals surface area (Å²) in [5.41, 5.74) is 1.56. The molecule has 19 heavy (non-hydrogen) atoms. The zero-order valence-electron chi connectivity index (χ0n) is 11.1. The number of hydrogen-bond donors (Lipinski definition) is 0. The van der Waals surface area contributed by atoms with Crippen LogP contribution in [0, 0.1) is 6.92 Å². The molecule has 0 aliphatic carbocycles. The quantitative estimate of drug-likeness (QED) is 0.631. The van der Waals surface area contributed by atoms with Gasteiger partial charge in [-0.05, 0) is 32.2 Å². The molecular formula is C14H15NO3S. The van der Waals surface area contributed by atoms with Crippen molar-refractivity contribution in [2.45, 2.75) is 27.4 Å². The SMILES string of the molecule is CC(C)=CC(=O)OCc1nc(-c2cccs2)oc1C. The lowest BCUT2D eigenvalue weighted by Crippen LogP contribution is -2.02. The summed E-state index contributed by atoms with van der Waals surface area (Å²) in [6, 6.07) is 3.88. The van der Waals surface area contributed by atoms with Crippen molar-refractivity contribution in [3.05, 3.63) is 40.6 Å². The first kappa shape index (κ1) is 13.5. The van der Waals surface area contributed by atoms with Gasteiger partial charge in [-0.1, -0.05) is 11.6 Å². The highest BCUT2D eigenvalue weighted by atomic mass is 32.1. The van der Waals surface area contributed by atoms with Crippen molar-refractivity contribution in [3.63, 3.8) is 0 Å². The van der Waals surface area contributed by atoms with E-state index in [-0.39, 0.29) is 12.6 Å². The van der Waals surface area contributed by atoms with Crippen molar-refractivity contribution in [1.82, 2.24) is 4.98 Å². The summed E-state index contributed by atoms with van der Waals surface area (Å²) in [7, 11) is 0. The van der Waals surface area contributed by atoms with Crippen LogP contribution in [-0.2, 0) is 16.1 Å². The molecule has 2 aromatic heterocycles. The third kappa shape index (κ3) is 3.54. The molecule has 0 atom stereocenters. The topological polar surface area (TPSA) is 52.3 Å². The van der Waals surface area contributed by atoms with Gasteiger partial charge in [0, 0.05) is 6.08 Å². The summed E-state index contributed by atoms with van der Waals surface area (Å²) in [6.45, 7) is 5.63. The molecule has 0 fully saturated rings. The van der Waals surface area contributed by atoms with E-state index in [2.05, 4.69) is 4.98 Å². The summed E-state index contributed by atoms with van der Waals surface area (Å²) >= 11 is 1.56. The Labute approximate surface area is 115 Å². The number of aromatic nitrogens is 1. The van der Waals surface area contributed by atoms with E-state index in [9.17, 15) is 4.79 Å². The second-order valence-electron chi connectivity index (χ2n) is 4.33. The summed E-state index contributed by atoms with van der Waals surface area (Å²) < 4.78 is 10.7. The number of rotatable bonds is 4. The van der Waals surface area contributed by atoms with E-state index in [1.807, 2.05) is 38.3 Å². The number of ether oxygens (including phenoxy) is 1. The number of allylic oxidation sites excluding steroid dienone is 1. The van der Waals surface area contributed by atoms with Gasteiger partial charge in [0.25, 0.3) is 0 Å². The molecule has 0 N–H and O–H groups in total. The van der Waals surface area contributed by atoms with Crippen LogP contribution in [0.5, 0.6) is 0 Å². The van der Waals surface area contributed by atoms with E-state index in [0.717, 1.165) is 10.5 Å². The lowest BCUT2D eigenvalue weighted by molar-refractivity contribution is -0.139. The average Bonchev–Trinajstić information content (AvgIpc) is 2.94. The van der Waals surface area contributed by atoms with Crippen LogP contribution >= 0.6 is 11.3 Å². The van der Waals surface area contributed by atoms with E-state index >= 15 is 0 Å². The maximum absolute atomic E-state index is 11.4. The fraction of sp³-hybridized carbons (Fsp3) is 0.286. The molecule has 2 aromatic rings. The first-order valence-electron chi connectivity index (χ1n) is 5.88. The first-order chi connectivity index (χ1) is 9.06. The molecule has 4 nitrogen and oxygen atoms in total. The molecule has 0 amide bonds. The van der Waals surface area contributed by atoms with Gasteiger partial charge in [-0.3, -0.25) is 0 Å². The number of carbonyl (C=O) groups is 1. The molecule has 2 rings (SSSR count). The van der Waals surface area contributed by atoms with Crippen molar-refractivity contribution in [3.8, 4) is 10.8 Å². The lowest BCUT2D eigenvalue weighted by atomic mass is 10.3. The standard InChI is InChI=1S/C14H15NO3S/c1-9(2)7-13(16)17-8-11-10(3)18-14(15-11)12-5-4-6-19-12/h4-7H,8H2,1-3H3. The van der Waals surface area contributed by atoms with Gasteiger partial charge in [0.1, 0.15) is 18.1 Å². The Kier molecular flexibility index (Phi) is 4.16. The minimum Gasteiger partial charge on any atom is -0.456 e. The molecule has 5 heteroatoms. The Hall–Kier alpha value is -1.88. The minimum atomic E-state index is -0.361. The Morgan fingerprint density at radius 2 is 2.32 bits per heavy atom. The molecular weight excluding hydrogens is 262 g/mol. The fourth-order valence-corrected chi connectivity index (χ4v) is 2.13. The highest BCUT2D eigenvalue weighted by Crippen LogP contribution is 2.26. The third-order valence-electron chi connectivity index (χ3n) is 2.38. The van der Waals surface area contributed by atoms with E-state index in [4.69, 9.17) is 9.15 Å². The van der Waals surface area contributed by atoms with Gasteiger partial charge in [0.2, 0.25) is 5.89 Å². The molecule has 0 saturated heterocycles. The van der Waals surface area contributed by atoms with Crippen LogP contribution in [-0.4, -0.2) is 11.0 Å². The van der Waals surface area contributed by atoms with Crippen molar-refractivity contribution < 1.29 is 13.9 Å². The fourth-order valence-electron chi connectivity index (χ4n) is 1.48. The van der Waals surface area contributed by atoms with Gasteiger partial charge in [0.05, 0.1) is 4.88 Å². The number of carbonyl (C=O) groups excluding carboxylic acids is 1.